The Morgan fingerprint density at radius 3 is 2.79 bits per heavy atom. The quantitative estimate of drug-likeness (QED) is 0.862. The van der Waals surface area contributed by atoms with Gasteiger partial charge in [-0.1, -0.05) is 0 Å². The molecule has 2 heterocycles. The number of Topliss-reactive ketones (excluding diaryl/α,β-unsaturated/α-hetero) is 1. The number of esters is 1. The molecule has 0 aromatic carbocycles. The van der Waals surface area contributed by atoms with Crippen molar-refractivity contribution in [1.82, 2.24) is 15.1 Å². The topological polar surface area (TPSA) is 73.2 Å². The third kappa shape index (κ3) is 2.56. The van der Waals surface area contributed by atoms with Crippen molar-refractivity contribution < 1.29 is 14.3 Å². The number of nitrogens with one attached hydrogen (secondary N) is 1. The number of allylic oxidation sites excluding steroid dienone is 3. The van der Waals surface area contributed by atoms with Crippen LogP contribution in [0.5, 0.6) is 0 Å². The molecule has 1 aliphatic heterocycles. The van der Waals surface area contributed by atoms with Crippen LogP contribution in [0.2, 0.25) is 0 Å². The van der Waals surface area contributed by atoms with Crippen LogP contribution in [0.25, 0.3) is 0 Å². The number of carbonyl (C=O) groups excluding carboxylic acids is 2. The molecule has 0 fully saturated rings. The number of nitrogens with zero attached hydrogens (tertiary/aromatic N) is 2. The largest absolute Gasteiger partial charge is 0.466 e. The van der Waals surface area contributed by atoms with Crippen LogP contribution in [-0.2, 0) is 20.9 Å². The van der Waals surface area contributed by atoms with Gasteiger partial charge < -0.3 is 10.1 Å². The summed E-state index contributed by atoms with van der Waals surface area (Å²) in [5.41, 5.74) is 4.63. The second-order valence-electron chi connectivity index (χ2n) is 6.28. The van der Waals surface area contributed by atoms with E-state index in [9.17, 15) is 9.59 Å². The molecule has 24 heavy (non-hydrogen) atoms. The molecule has 3 rings (SSSR count). The number of dihydropyridines is 1. The standard InChI is InChI=1S/C18H23N3O3/c1-5-21-9-12(10(2)20-21)16-15(18(23)24-4)11(3)19-13-7-6-8-14(22)17(13)16/h9,16,19H,5-8H2,1-4H3. The number of aryl methyl sites for hydroxylation is 2. The molecule has 0 saturated carbocycles. The SMILES string of the molecule is CCn1cc(C2C(C(=O)OC)=C(C)NC3=C2C(=O)CCC3)c(C)n1. The van der Waals surface area contributed by atoms with Crippen molar-refractivity contribution in [3.8, 4) is 0 Å². The van der Waals surface area contributed by atoms with Crippen molar-refractivity contribution in [1.29, 1.82) is 0 Å². The molecule has 1 N–H and O–H groups in total. The van der Waals surface area contributed by atoms with E-state index < -0.39 is 11.9 Å². The molecule has 2 aliphatic rings. The molecule has 128 valence electrons. The maximum atomic E-state index is 12.7. The lowest BCUT2D eigenvalue weighted by Crippen LogP contribution is -2.34. The van der Waals surface area contributed by atoms with E-state index in [2.05, 4.69) is 10.4 Å². The number of aromatic nitrogens is 2. The molecule has 6 heteroatoms. The molecule has 0 radical (unpaired) electrons. The van der Waals surface area contributed by atoms with Crippen molar-refractivity contribution in [3.05, 3.63) is 40.0 Å². The fourth-order valence-corrected chi connectivity index (χ4v) is 3.65. The second-order valence-corrected chi connectivity index (χ2v) is 6.28. The molecule has 0 amide bonds. The van der Waals surface area contributed by atoms with Gasteiger partial charge in [0.25, 0.3) is 0 Å². The average Bonchev–Trinajstić information content (AvgIpc) is 2.94. The summed E-state index contributed by atoms with van der Waals surface area (Å²) in [6.07, 6.45) is 4.12. The van der Waals surface area contributed by atoms with Gasteiger partial charge in [0, 0.05) is 41.7 Å². The minimum Gasteiger partial charge on any atom is -0.466 e. The third-order valence-corrected chi connectivity index (χ3v) is 4.80. The Bertz CT molecular complexity index is 770. The molecule has 1 aliphatic carbocycles. The summed E-state index contributed by atoms with van der Waals surface area (Å²) in [6.45, 7) is 6.53. The summed E-state index contributed by atoms with van der Waals surface area (Å²) >= 11 is 0. The predicted octanol–water partition coefficient (Wildman–Crippen LogP) is 2.35. The van der Waals surface area contributed by atoms with Crippen LogP contribution in [0.1, 0.15) is 50.3 Å². The lowest BCUT2D eigenvalue weighted by atomic mass is 9.75. The number of hydrogen-bond acceptors (Lipinski definition) is 5. The molecule has 1 unspecified atom stereocenters. The van der Waals surface area contributed by atoms with Gasteiger partial charge in [-0.25, -0.2) is 4.79 Å². The maximum Gasteiger partial charge on any atom is 0.336 e. The number of hydrogen-bond donors (Lipinski definition) is 1. The van der Waals surface area contributed by atoms with E-state index in [4.69, 9.17) is 4.74 Å². The van der Waals surface area contributed by atoms with Crippen LogP contribution in [0.15, 0.2) is 28.7 Å². The van der Waals surface area contributed by atoms with Crippen LogP contribution < -0.4 is 5.32 Å². The first-order valence-electron chi connectivity index (χ1n) is 8.34. The van der Waals surface area contributed by atoms with Crippen molar-refractivity contribution in [2.75, 3.05) is 7.11 Å². The number of carbonyl (C=O) groups is 2. The highest BCUT2D eigenvalue weighted by atomic mass is 16.5. The molecule has 1 atom stereocenters. The van der Waals surface area contributed by atoms with E-state index in [-0.39, 0.29) is 5.78 Å². The van der Waals surface area contributed by atoms with E-state index >= 15 is 0 Å². The monoisotopic (exact) mass is 329 g/mol. The van der Waals surface area contributed by atoms with Crippen molar-refractivity contribution >= 4 is 11.8 Å². The minimum absolute atomic E-state index is 0.103. The van der Waals surface area contributed by atoms with E-state index in [1.807, 2.05) is 31.6 Å². The molecule has 0 saturated heterocycles. The Hall–Kier alpha value is -2.37. The summed E-state index contributed by atoms with van der Waals surface area (Å²) < 4.78 is 6.84. The lowest BCUT2D eigenvalue weighted by molar-refractivity contribution is -0.136. The van der Waals surface area contributed by atoms with Gasteiger partial charge in [0.15, 0.2) is 5.78 Å². The van der Waals surface area contributed by atoms with Crippen LogP contribution in [-0.4, -0.2) is 28.6 Å². The third-order valence-electron chi connectivity index (χ3n) is 4.80. The molecule has 1 aromatic rings. The van der Waals surface area contributed by atoms with Crippen molar-refractivity contribution in [3.63, 3.8) is 0 Å². The molecule has 1 aromatic heterocycles. The fourth-order valence-electron chi connectivity index (χ4n) is 3.65. The lowest BCUT2D eigenvalue weighted by Gasteiger charge is -2.33. The van der Waals surface area contributed by atoms with Gasteiger partial charge in [-0.2, -0.15) is 5.10 Å². The normalized spacial score (nSPS) is 20.8. The Kier molecular flexibility index (Phi) is 4.30. The van der Waals surface area contributed by atoms with E-state index in [1.165, 1.54) is 7.11 Å². The van der Waals surface area contributed by atoms with Crippen LogP contribution >= 0.6 is 0 Å². The zero-order chi connectivity index (χ0) is 17.4. The molecular formula is C18H23N3O3. The molecule has 0 spiro atoms. The Morgan fingerprint density at radius 2 is 2.17 bits per heavy atom. The molecule has 6 nitrogen and oxygen atoms in total. The van der Waals surface area contributed by atoms with Crippen molar-refractivity contribution in [2.45, 2.75) is 52.5 Å². The minimum atomic E-state index is -0.404. The number of ether oxygens (including phenoxy) is 1. The smallest absolute Gasteiger partial charge is 0.336 e. The molecular weight excluding hydrogens is 306 g/mol. The average molecular weight is 329 g/mol. The Labute approximate surface area is 141 Å². The highest BCUT2D eigenvalue weighted by Gasteiger charge is 2.40. The summed E-state index contributed by atoms with van der Waals surface area (Å²) in [7, 11) is 1.37. The van der Waals surface area contributed by atoms with Crippen LogP contribution in [0.3, 0.4) is 0 Å². The highest BCUT2D eigenvalue weighted by molar-refractivity contribution is 6.03. The maximum absolute atomic E-state index is 12.7. The predicted molar refractivity (Wildman–Crippen MR) is 89.1 cm³/mol. The van der Waals surface area contributed by atoms with Gasteiger partial charge in [0.05, 0.1) is 24.3 Å². The Balaban J connectivity index is 2.21. The summed E-state index contributed by atoms with van der Waals surface area (Å²) in [6, 6.07) is 0. The van der Waals surface area contributed by atoms with Crippen molar-refractivity contribution in [2.24, 2.45) is 0 Å². The number of ketones is 1. The second kappa shape index (κ2) is 6.26. The number of methoxy groups -OCH3 is 1. The summed E-state index contributed by atoms with van der Waals surface area (Å²) in [4.78, 5) is 25.1. The van der Waals surface area contributed by atoms with Crippen LogP contribution in [0, 0.1) is 6.92 Å². The number of rotatable bonds is 3. The zero-order valence-electron chi connectivity index (χ0n) is 14.6. The summed E-state index contributed by atoms with van der Waals surface area (Å²) in [5, 5.41) is 7.76. The van der Waals surface area contributed by atoms with Gasteiger partial charge >= 0.3 is 5.97 Å². The molecule has 0 bridgehead atoms. The van der Waals surface area contributed by atoms with E-state index in [0.29, 0.717) is 17.6 Å². The first kappa shape index (κ1) is 16.5. The van der Waals surface area contributed by atoms with Gasteiger partial charge in [-0.15, -0.1) is 0 Å². The van der Waals surface area contributed by atoms with Gasteiger partial charge in [-0.05, 0) is 33.6 Å². The van der Waals surface area contributed by atoms with Gasteiger partial charge in [0.2, 0.25) is 0 Å². The first-order chi connectivity index (χ1) is 11.5. The highest BCUT2D eigenvalue weighted by Crippen LogP contribution is 2.43. The van der Waals surface area contributed by atoms with E-state index in [1.54, 1.807) is 0 Å². The first-order valence-corrected chi connectivity index (χ1v) is 8.34. The van der Waals surface area contributed by atoms with Gasteiger partial charge in [-0.3, -0.25) is 9.48 Å². The van der Waals surface area contributed by atoms with E-state index in [0.717, 1.165) is 42.0 Å². The fraction of sp³-hybridized carbons (Fsp3) is 0.500. The van der Waals surface area contributed by atoms with Crippen LogP contribution in [0.4, 0.5) is 0 Å². The Morgan fingerprint density at radius 1 is 1.42 bits per heavy atom. The summed E-state index contributed by atoms with van der Waals surface area (Å²) in [5.74, 6) is -0.702. The zero-order valence-corrected chi connectivity index (χ0v) is 14.6. The van der Waals surface area contributed by atoms with Gasteiger partial charge in [0.1, 0.15) is 0 Å².